The van der Waals surface area contributed by atoms with Crippen molar-refractivity contribution in [1.29, 1.82) is 0 Å². The number of rotatable bonds is 13. The highest BCUT2D eigenvalue weighted by molar-refractivity contribution is 5.90. The van der Waals surface area contributed by atoms with Gasteiger partial charge in [-0.1, -0.05) is 44.4 Å². The van der Waals surface area contributed by atoms with E-state index in [0.717, 1.165) is 44.9 Å². The molecule has 0 unspecified atom stereocenters. The van der Waals surface area contributed by atoms with Crippen LogP contribution in [0.5, 0.6) is 0 Å². The molecule has 1 fully saturated rings. The van der Waals surface area contributed by atoms with E-state index in [2.05, 4.69) is 19.7 Å². The van der Waals surface area contributed by atoms with Crippen molar-refractivity contribution >= 4 is 5.97 Å². The van der Waals surface area contributed by atoms with E-state index in [-0.39, 0.29) is 18.0 Å². The van der Waals surface area contributed by atoms with E-state index < -0.39 is 0 Å². The minimum atomic E-state index is -0.176. The maximum Gasteiger partial charge on any atom is 0.334 e. The predicted octanol–water partition coefficient (Wildman–Crippen LogP) is 5.75. The molecular weight excluding hydrogens is 272 g/mol. The number of hydrogen-bond acceptors (Lipinski definition) is 2. The molecule has 0 spiro atoms. The van der Waals surface area contributed by atoms with Crippen molar-refractivity contribution in [1.82, 2.24) is 0 Å². The van der Waals surface area contributed by atoms with E-state index in [1.807, 2.05) is 12.2 Å². The van der Waals surface area contributed by atoms with Crippen molar-refractivity contribution < 1.29 is 9.53 Å². The molecule has 2 heteroatoms. The zero-order valence-corrected chi connectivity index (χ0v) is 14.0. The van der Waals surface area contributed by atoms with Crippen molar-refractivity contribution in [3.8, 4) is 0 Å². The highest BCUT2D eigenvalue weighted by Gasteiger charge is 2.37. The van der Waals surface area contributed by atoms with Gasteiger partial charge >= 0.3 is 5.97 Å². The Morgan fingerprint density at radius 1 is 0.864 bits per heavy atom. The standard InChI is InChI=1S/C20H32O2/c1-4-6-8-10-11-12-13-15-18-17(3)20(21)22-19(18)16-14-9-7-5-2/h4-5,18-19H,1-3,6-16H2/t18-,19+/m1/s1. The molecule has 1 heterocycles. The number of cyclic esters (lactones) is 1. The van der Waals surface area contributed by atoms with Crippen molar-refractivity contribution in [3.63, 3.8) is 0 Å². The number of ether oxygens (including phenoxy) is 1. The van der Waals surface area contributed by atoms with Crippen LogP contribution in [0.15, 0.2) is 37.5 Å². The second-order valence-corrected chi connectivity index (χ2v) is 6.28. The first-order valence-electron chi connectivity index (χ1n) is 8.82. The van der Waals surface area contributed by atoms with Crippen LogP contribution in [0.1, 0.15) is 70.6 Å². The molecule has 1 rings (SSSR count). The van der Waals surface area contributed by atoms with Crippen LogP contribution in [0, 0.1) is 5.92 Å². The molecule has 0 aliphatic carbocycles. The third-order valence-electron chi connectivity index (χ3n) is 4.49. The zero-order valence-electron chi connectivity index (χ0n) is 14.0. The highest BCUT2D eigenvalue weighted by Crippen LogP contribution is 2.34. The summed E-state index contributed by atoms with van der Waals surface area (Å²) in [6.45, 7) is 11.4. The van der Waals surface area contributed by atoms with Gasteiger partial charge in [0.2, 0.25) is 0 Å². The maximum absolute atomic E-state index is 11.7. The molecular formula is C20H32O2. The molecule has 22 heavy (non-hydrogen) atoms. The van der Waals surface area contributed by atoms with Gasteiger partial charge in [0.15, 0.2) is 0 Å². The van der Waals surface area contributed by atoms with Gasteiger partial charge in [-0.25, -0.2) is 4.79 Å². The molecule has 124 valence electrons. The van der Waals surface area contributed by atoms with Crippen LogP contribution in [0.25, 0.3) is 0 Å². The van der Waals surface area contributed by atoms with Gasteiger partial charge in [-0.05, 0) is 44.9 Å². The molecule has 0 amide bonds. The quantitative estimate of drug-likeness (QED) is 0.187. The lowest BCUT2D eigenvalue weighted by molar-refractivity contribution is -0.139. The molecule has 0 aromatic rings. The largest absolute Gasteiger partial charge is 0.458 e. The summed E-state index contributed by atoms with van der Waals surface area (Å²) >= 11 is 0. The summed E-state index contributed by atoms with van der Waals surface area (Å²) in [5, 5.41) is 0. The van der Waals surface area contributed by atoms with Gasteiger partial charge in [0.1, 0.15) is 6.10 Å². The summed E-state index contributed by atoms with van der Waals surface area (Å²) in [7, 11) is 0. The summed E-state index contributed by atoms with van der Waals surface area (Å²) < 4.78 is 5.50. The van der Waals surface area contributed by atoms with E-state index in [1.165, 1.54) is 25.7 Å². The average Bonchev–Trinajstić information content (AvgIpc) is 2.78. The van der Waals surface area contributed by atoms with Crippen LogP contribution >= 0.6 is 0 Å². The number of carbonyl (C=O) groups excluding carboxylic acids is 1. The third-order valence-corrected chi connectivity index (χ3v) is 4.49. The van der Waals surface area contributed by atoms with Gasteiger partial charge in [-0.15, -0.1) is 13.2 Å². The Morgan fingerprint density at radius 2 is 1.41 bits per heavy atom. The molecule has 1 saturated heterocycles. The minimum Gasteiger partial charge on any atom is -0.458 e. The van der Waals surface area contributed by atoms with E-state index in [0.29, 0.717) is 5.57 Å². The monoisotopic (exact) mass is 304 g/mol. The highest BCUT2D eigenvalue weighted by atomic mass is 16.6. The fourth-order valence-electron chi connectivity index (χ4n) is 3.11. The Balaban J connectivity index is 2.24. The van der Waals surface area contributed by atoms with Gasteiger partial charge in [0.05, 0.1) is 0 Å². The lowest BCUT2D eigenvalue weighted by atomic mass is 9.88. The van der Waals surface area contributed by atoms with Crippen molar-refractivity contribution in [2.45, 2.75) is 76.7 Å². The van der Waals surface area contributed by atoms with Crippen molar-refractivity contribution in [2.24, 2.45) is 5.92 Å². The number of esters is 1. The van der Waals surface area contributed by atoms with Crippen LogP contribution in [-0.4, -0.2) is 12.1 Å². The van der Waals surface area contributed by atoms with E-state index in [4.69, 9.17) is 4.74 Å². The van der Waals surface area contributed by atoms with Gasteiger partial charge in [-0.3, -0.25) is 0 Å². The Morgan fingerprint density at radius 3 is 2.09 bits per heavy atom. The molecule has 0 radical (unpaired) electrons. The molecule has 0 aromatic carbocycles. The van der Waals surface area contributed by atoms with E-state index in [1.54, 1.807) is 0 Å². The Kier molecular flexibility index (Phi) is 9.61. The topological polar surface area (TPSA) is 26.3 Å². The van der Waals surface area contributed by atoms with Gasteiger partial charge in [-0.2, -0.15) is 0 Å². The van der Waals surface area contributed by atoms with Crippen LogP contribution in [0.4, 0.5) is 0 Å². The molecule has 0 saturated carbocycles. The average molecular weight is 304 g/mol. The fraction of sp³-hybridized carbons (Fsp3) is 0.650. The van der Waals surface area contributed by atoms with Crippen molar-refractivity contribution in [2.75, 3.05) is 0 Å². The maximum atomic E-state index is 11.7. The third kappa shape index (κ3) is 6.64. The normalized spacial score (nSPS) is 20.9. The van der Waals surface area contributed by atoms with Gasteiger partial charge in [0, 0.05) is 11.5 Å². The lowest BCUT2D eigenvalue weighted by Crippen LogP contribution is -2.16. The summed E-state index contributed by atoms with van der Waals surface area (Å²) in [6, 6.07) is 0. The van der Waals surface area contributed by atoms with Gasteiger partial charge in [0.25, 0.3) is 0 Å². The molecule has 1 aliphatic heterocycles. The molecule has 2 nitrogen and oxygen atoms in total. The Bertz CT molecular complexity index is 370. The molecule has 0 bridgehead atoms. The number of unbranched alkanes of at least 4 members (excludes halogenated alkanes) is 7. The lowest BCUT2D eigenvalue weighted by Gasteiger charge is -2.17. The first-order valence-corrected chi connectivity index (χ1v) is 8.82. The van der Waals surface area contributed by atoms with Crippen LogP contribution in [-0.2, 0) is 9.53 Å². The van der Waals surface area contributed by atoms with Crippen LogP contribution < -0.4 is 0 Å². The van der Waals surface area contributed by atoms with Gasteiger partial charge < -0.3 is 4.74 Å². The Hall–Kier alpha value is -1.31. The molecule has 2 atom stereocenters. The number of hydrogen-bond donors (Lipinski definition) is 0. The minimum absolute atomic E-state index is 0.0607. The van der Waals surface area contributed by atoms with Crippen LogP contribution in [0.3, 0.4) is 0 Å². The fourth-order valence-corrected chi connectivity index (χ4v) is 3.11. The summed E-state index contributed by atoms with van der Waals surface area (Å²) in [4.78, 5) is 11.7. The predicted molar refractivity (Wildman–Crippen MR) is 93.7 cm³/mol. The smallest absolute Gasteiger partial charge is 0.334 e. The first kappa shape index (κ1) is 18.7. The summed E-state index contributed by atoms with van der Waals surface area (Å²) in [6.07, 6.45) is 16.6. The molecule has 1 aliphatic rings. The summed E-state index contributed by atoms with van der Waals surface area (Å²) in [5.41, 5.74) is 0.695. The molecule has 0 N–H and O–H groups in total. The Labute approximate surface area is 136 Å². The second kappa shape index (κ2) is 11.3. The first-order chi connectivity index (χ1) is 10.7. The van der Waals surface area contributed by atoms with E-state index in [9.17, 15) is 4.79 Å². The van der Waals surface area contributed by atoms with Crippen LogP contribution in [0.2, 0.25) is 0 Å². The SMILES string of the molecule is C=CCCCCCCC[C@@H]1C(=C)C(=O)O[C@H]1CCCCC=C. The number of allylic oxidation sites excluding steroid dienone is 2. The zero-order chi connectivity index (χ0) is 16.2. The molecule has 0 aromatic heterocycles. The summed E-state index contributed by atoms with van der Waals surface area (Å²) in [5.74, 6) is 0.0640. The second-order valence-electron chi connectivity index (χ2n) is 6.28. The number of carbonyl (C=O) groups is 1. The van der Waals surface area contributed by atoms with Crippen molar-refractivity contribution in [3.05, 3.63) is 37.5 Å². The van der Waals surface area contributed by atoms with E-state index >= 15 is 0 Å².